The number of carbonyl (C=O) groups excluding carboxylic acids is 1. The van der Waals surface area contributed by atoms with Crippen molar-refractivity contribution in [3.05, 3.63) is 16.1 Å². The maximum Gasteiger partial charge on any atom is 0.305 e. The van der Waals surface area contributed by atoms with Gasteiger partial charge in [0.1, 0.15) is 0 Å². The first kappa shape index (κ1) is 9.19. The van der Waals surface area contributed by atoms with Gasteiger partial charge in [0.15, 0.2) is 0 Å². The molecule has 66 valence electrons. The van der Waals surface area contributed by atoms with Crippen molar-refractivity contribution >= 4 is 17.3 Å². The van der Waals surface area contributed by atoms with E-state index in [-0.39, 0.29) is 5.97 Å². The van der Waals surface area contributed by atoms with E-state index in [1.54, 1.807) is 16.8 Å². The zero-order valence-electron chi connectivity index (χ0n) is 7.16. The Morgan fingerprint density at radius 2 is 2.50 bits per heavy atom. The molecule has 0 spiro atoms. The first-order valence-corrected chi connectivity index (χ1v) is 4.57. The van der Waals surface area contributed by atoms with Crippen LogP contribution in [0.15, 0.2) is 5.51 Å². The Balaban J connectivity index is 2.43. The van der Waals surface area contributed by atoms with Gasteiger partial charge in [-0.3, -0.25) is 4.79 Å². The summed E-state index contributed by atoms with van der Waals surface area (Å²) in [7, 11) is 1.40. The van der Waals surface area contributed by atoms with Crippen molar-refractivity contribution in [2.24, 2.45) is 0 Å². The number of hydrogen-bond donors (Lipinski definition) is 0. The zero-order chi connectivity index (χ0) is 8.97. The molecule has 12 heavy (non-hydrogen) atoms. The maximum atomic E-state index is 10.8. The average molecular weight is 185 g/mol. The van der Waals surface area contributed by atoms with Gasteiger partial charge in [-0.15, -0.1) is 11.3 Å². The monoisotopic (exact) mass is 185 g/mol. The van der Waals surface area contributed by atoms with Gasteiger partial charge in [-0.05, 0) is 13.3 Å². The molecule has 0 aliphatic carbocycles. The largest absolute Gasteiger partial charge is 0.469 e. The van der Waals surface area contributed by atoms with Crippen molar-refractivity contribution in [3.63, 3.8) is 0 Å². The molecule has 0 N–H and O–H groups in total. The van der Waals surface area contributed by atoms with Gasteiger partial charge in [0.2, 0.25) is 0 Å². The third-order valence-corrected chi connectivity index (χ3v) is 2.62. The van der Waals surface area contributed by atoms with Gasteiger partial charge in [-0.2, -0.15) is 0 Å². The summed E-state index contributed by atoms with van der Waals surface area (Å²) in [6.07, 6.45) is 1.18. The molecule has 1 rings (SSSR count). The minimum atomic E-state index is -0.164. The Bertz CT molecular complexity index is 270. The summed E-state index contributed by atoms with van der Waals surface area (Å²) >= 11 is 1.58. The smallest absolute Gasteiger partial charge is 0.305 e. The quantitative estimate of drug-likeness (QED) is 0.671. The summed E-state index contributed by atoms with van der Waals surface area (Å²) in [4.78, 5) is 16.0. The number of rotatable bonds is 3. The fraction of sp³-hybridized carbons (Fsp3) is 0.500. The molecule has 0 unspecified atom stereocenters. The summed E-state index contributed by atoms with van der Waals surface area (Å²) in [6.45, 7) is 1.95. The van der Waals surface area contributed by atoms with E-state index in [1.807, 2.05) is 6.92 Å². The van der Waals surface area contributed by atoms with E-state index in [1.165, 1.54) is 12.0 Å². The third-order valence-electron chi connectivity index (χ3n) is 1.63. The highest BCUT2D eigenvalue weighted by Gasteiger charge is 2.05. The molecule has 0 saturated carbocycles. The minimum absolute atomic E-state index is 0.164. The van der Waals surface area contributed by atoms with Gasteiger partial charge in [-0.1, -0.05) is 0 Å². The lowest BCUT2D eigenvalue weighted by Crippen LogP contribution is -2.01. The normalized spacial score (nSPS) is 9.83. The number of nitrogens with zero attached hydrogens (tertiary/aromatic N) is 1. The molecule has 0 bridgehead atoms. The molecule has 0 atom stereocenters. The van der Waals surface area contributed by atoms with E-state index in [0.29, 0.717) is 6.42 Å². The number of ether oxygens (including phenoxy) is 1. The van der Waals surface area contributed by atoms with Crippen molar-refractivity contribution in [1.82, 2.24) is 4.98 Å². The van der Waals surface area contributed by atoms with E-state index >= 15 is 0 Å². The lowest BCUT2D eigenvalue weighted by Gasteiger charge is -1.97. The molecule has 0 aromatic carbocycles. The summed E-state index contributed by atoms with van der Waals surface area (Å²) < 4.78 is 4.53. The van der Waals surface area contributed by atoms with Crippen LogP contribution in [0, 0.1) is 6.92 Å². The van der Waals surface area contributed by atoms with Crippen molar-refractivity contribution in [2.45, 2.75) is 19.8 Å². The Morgan fingerprint density at radius 3 is 3.00 bits per heavy atom. The van der Waals surface area contributed by atoms with E-state index in [9.17, 15) is 4.79 Å². The molecule has 3 nitrogen and oxygen atoms in total. The molecule has 0 radical (unpaired) electrons. The van der Waals surface area contributed by atoms with E-state index in [2.05, 4.69) is 9.72 Å². The fourth-order valence-corrected chi connectivity index (χ4v) is 1.67. The SMILES string of the molecule is COC(=O)CCc1scnc1C. The Kier molecular flexibility index (Phi) is 3.22. The second-order valence-electron chi connectivity index (χ2n) is 2.44. The first-order chi connectivity index (χ1) is 5.74. The maximum absolute atomic E-state index is 10.8. The van der Waals surface area contributed by atoms with Crippen LogP contribution >= 0.6 is 11.3 Å². The standard InChI is InChI=1S/C8H11NO2S/c1-6-7(12-5-9-6)3-4-8(10)11-2/h5H,3-4H2,1-2H3. The van der Waals surface area contributed by atoms with Gasteiger partial charge in [0.05, 0.1) is 24.7 Å². The number of thiazole rings is 1. The number of methoxy groups -OCH3 is 1. The molecule has 0 amide bonds. The van der Waals surface area contributed by atoms with Crippen LogP contribution in [-0.2, 0) is 16.0 Å². The van der Waals surface area contributed by atoms with Gasteiger partial charge in [0.25, 0.3) is 0 Å². The van der Waals surface area contributed by atoms with Crippen LogP contribution < -0.4 is 0 Å². The summed E-state index contributed by atoms with van der Waals surface area (Å²) in [5.41, 5.74) is 2.81. The highest BCUT2D eigenvalue weighted by molar-refractivity contribution is 7.09. The fourth-order valence-electron chi connectivity index (χ4n) is 0.884. The number of aryl methyl sites for hydroxylation is 2. The number of hydrogen-bond acceptors (Lipinski definition) is 4. The number of carbonyl (C=O) groups is 1. The van der Waals surface area contributed by atoms with Crippen LogP contribution in [0.25, 0.3) is 0 Å². The van der Waals surface area contributed by atoms with Crippen LogP contribution in [0.2, 0.25) is 0 Å². The van der Waals surface area contributed by atoms with E-state index in [4.69, 9.17) is 0 Å². The van der Waals surface area contributed by atoms with Crippen LogP contribution in [0.3, 0.4) is 0 Å². The lowest BCUT2D eigenvalue weighted by atomic mass is 10.2. The molecular weight excluding hydrogens is 174 g/mol. The predicted molar refractivity (Wildman–Crippen MR) is 47.2 cm³/mol. The molecule has 0 aliphatic heterocycles. The number of aromatic nitrogens is 1. The molecule has 1 aromatic heterocycles. The molecule has 0 aliphatic rings. The molecule has 0 saturated heterocycles. The van der Waals surface area contributed by atoms with Gasteiger partial charge >= 0.3 is 5.97 Å². The van der Waals surface area contributed by atoms with Gasteiger partial charge in [-0.25, -0.2) is 4.98 Å². The number of esters is 1. The van der Waals surface area contributed by atoms with Crippen LogP contribution in [-0.4, -0.2) is 18.1 Å². The summed E-state index contributed by atoms with van der Waals surface area (Å²) in [5, 5.41) is 0. The lowest BCUT2D eigenvalue weighted by molar-refractivity contribution is -0.140. The van der Waals surface area contributed by atoms with Crippen molar-refractivity contribution in [1.29, 1.82) is 0 Å². The van der Waals surface area contributed by atoms with E-state index in [0.717, 1.165) is 12.1 Å². The first-order valence-electron chi connectivity index (χ1n) is 3.70. The van der Waals surface area contributed by atoms with Gasteiger partial charge < -0.3 is 4.74 Å². The predicted octanol–water partition coefficient (Wildman–Crippen LogP) is 1.56. The van der Waals surface area contributed by atoms with Crippen LogP contribution in [0.5, 0.6) is 0 Å². The molecule has 1 aromatic rings. The highest BCUT2D eigenvalue weighted by Crippen LogP contribution is 2.14. The van der Waals surface area contributed by atoms with Gasteiger partial charge in [0, 0.05) is 4.88 Å². The Hall–Kier alpha value is -0.900. The Morgan fingerprint density at radius 1 is 1.75 bits per heavy atom. The summed E-state index contributed by atoms with van der Waals surface area (Å²) in [6, 6.07) is 0. The Labute approximate surface area is 75.4 Å². The van der Waals surface area contributed by atoms with Crippen LogP contribution in [0.1, 0.15) is 17.0 Å². The van der Waals surface area contributed by atoms with Crippen molar-refractivity contribution in [3.8, 4) is 0 Å². The average Bonchev–Trinajstić information content (AvgIpc) is 2.47. The topological polar surface area (TPSA) is 39.2 Å². The van der Waals surface area contributed by atoms with Crippen LogP contribution in [0.4, 0.5) is 0 Å². The minimum Gasteiger partial charge on any atom is -0.469 e. The molecule has 0 fully saturated rings. The zero-order valence-corrected chi connectivity index (χ0v) is 7.98. The van der Waals surface area contributed by atoms with Crippen molar-refractivity contribution < 1.29 is 9.53 Å². The molecule has 4 heteroatoms. The van der Waals surface area contributed by atoms with Crippen molar-refractivity contribution in [2.75, 3.05) is 7.11 Å². The van der Waals surface area contributed by atoms with E-state index < -0.39 is 0 Å². The molecule has 1 heterocycles. The second kappa shape index (κ2) is 4.21. The summed E-state index contributed by atoms with van der Waals surface area (Å²) in [5.74, 6) is -0.164. The molecular formula is C8H11NO2S. The third kappa shape index (κ3) is 2.30. The second-order valence-corrected chi connectivity index (χ2v) is 3.38. The highest BCUT2D eigenvalue weighted by atomic mass is 32.1.